The van der Waals surface area contributed by atoms with Crippen molar-refractivity contribution in [1.82, 2.24) is 24.8 Å². The highest BCUT2D eigenvalue weighted by molar-refractivity contribution is 6.01. The summed E-state index contributed by atoms with van der Waals surface area (Å²) in [7, 11) is 0. The van der Waals surface area contributed by atoms with Crippen LogP contribution in [0.25, 0.3) is 38.8 Å². The number of hydrogen-bond donors (Lipinski definition) is 1. The van der Waals surface area contributed by atoms with E-state index in [1.54, 1.807) is 4.57 Å². The SMILES string of the molecule is Cc1ccnc(C(C)C)c1-n1c(=O)nc(N2CCNC[C@@H]2C)c2cc(C3CC3)c(-c3cccc4cccc(C)c34)nc21. The van der Waals surface area contributed by atoms with E-state index in [4.69, 9.17) is 15.0 Å². The highest BCUT2D eigenvalue weighted by Crippen LogP contribution is 2.47. The van der Waals surface area contributed by atoms with Crippen LogP contribution < -0.4 is 15.9 Å². The van der Waals surface area contributed by atoms with Gasteiger partial charge >= 0.3 is 5.69 Å². The summed E-state index contributed by atoms with van der Waals surface area (Å²) in [6, 6.07) is 17.4. The molecule has 4 heterocycles. The first-order valence-corrected chi connectivity index (χ1v) is 15.2. The van der Waals surface area contributed by atoms with Crippen molar-refractivity contribution < 1.29 is 0 Å². The highest BCUT2D eigenvalue weighted by atomic mass is 16.1. The van der Waals surface area contributed by atoms with E-state index in [9.17, 15) is 4.79 Å². The molecule has 0 amide bonds. The Labute approximate surface area is 246 Å². The number of pyridine rings is 2. The van der Waals surface area contributed by atoms with Crippen molar-refractivity contribution in [2.24, 2.45) is 0 Å². The van der Waals surface area contributed by atoms with Gasteiger partial charge in [0, 0.05) is 37.4 Å². The molecule has 1 saturated carbocycles. The summed E-state index contributed by atoms with van der Waals surface area (Å²) in [6.45, 7) is 13.1. The lowest BCUT2D eigenvalue weighted by molar-refractivity contribution is 0.497. The number of aromatic nitrogens is 4. The molecule has 1 aliphatic heterocycles. The predicted octanol–water partition coefficient (Wildman–Crippen LogP) is 6.41. The monoisotopic (exact) mass is 558 g/mol. The molecule has 3 aromatic heterocycles. The number of anilines is 1. The van der Waals surface area contributed by atoms with Crippen LogP contribution in [0.4, 0.5) is 5.82 Å². The first kappa shape index (κ1) is 26.8. The van der Waals surface area contributed by atoms with Gasteiger partial charge in [0.15, 0.2) is 5.65 Å². The van der Waals surface area contributed by atoms with Gasteiger partial charge in [0.25, 0.3) is 0 Å². The van der Waals surface area contributed by atoms with Gasteiger partial charge in [0.05, 0.1) is 22.5 Å². The average molecular weight is 559 g/mol. The van der Waals surface area contributed by atoms with Crippen LogP contribution in [0.1, 0.15) is 67.8 Å². The topological polar surface area (TPSA) is 75.9 Å². The fourth-order valence-electron chi connectivity index (χ4n) is 6.65. The van der Waals surface area contributed by atoms with E-state index in [0.29, 0.717) is 11.6 Å². The van der Waals surface area contributed by atoms with E-state index in [1.165, 1.54) is 21.9 Å². The summed E-state index contributed by atoms with van der Waals surface area (Å²) in [5.74, 6) is 1.32. The van der Waals surface area contributed by atoms with Crippen LogP contribution in [0, 0.1) is 13.8 Å². The minimum absolute atomic E-state index is 0.126. The summed E-state index contributed by atoms with van der Waals surface area (Å²) in [5, 5.41) is 6.83. The molecule has 1 atom stereocenters. The van der Waals surface area contributed by atoms with E-state index >= 15 is 0 Å². The Kier molecular flexibility index (Phi) is 6.58. The zero-order chi connectivity index (χ0) is 29.1. The minimum Gasteiger partial charge on any atom is -0.351 e. The Morgan fingerprint density at radius 3 is 2.52 bits per heavy atom. The molecule has 7 nitrogen and oxygen atoms in total. The summed E-state index contributed by atoms with van der Waals surface area (Å²) >= 11 is 0. The van der Waals surface area contributed by atoms with Gasteiger partial charge in [-0.15, -0.1) is 0 Å². The molecule has 1 N–H and O–H groups in total. The zero-order valence-corrected chi connectivity index (χ0v) is 25.1. The molecule has 0 unspecified atom stereocenters. The maximum Gasteiger partial charge on any atom is 0.355 e. The number of fused-ring (bicyclic) bond motifs is 2. The minimum atomic E-state index is -0.312. The molecule has 2 aromatic carbocycles. The third-order valence-corrected chi connectivity index (χ3v) is 8.96. The lowest BCUT2D eigenvalue weighted by Crippen LogP contribution is -2.50. The Hall–Kier alpha value is -4.10. The fraction of sp³-hybridized carbons (Fsp3) is 0.371. The molecule has 42 heavy (non-hydrogen) atoms. The molecule has 0 bridgehead atoms. The first-order valence-electron chi connectivity index (χ1n) is 15.2. The lowest BCUT2D eigenvalue weighted by Gasteiger charge is -2.35. The third-order valence-electron chi connectivity index (χ3n) is 8.96. The third kappa shape index (κ3) is 4.38. The van der Waals surface area contributed by atoms with Crippen molar-refractivity contribution in [2.45, 2.75) is 65.3 Å². The smallest absolute Gasteiger partial charge is 0.351 e. The molecular weight excluding hydrogens is 520 g/mol. The Balaban J connectivity index is 1.62. The van der Waals surface area contributed by atoms with Crippen molar-refractivity contribution in [3.05, 3.63) is 87.6 Å². The molecule has 214 valence electrons. The fourth-order valence-corrected chi connectivity index (χ4v) is 6.65. The molecule has 7 rings (SSSR count). The molecule has 2 aliphatic rings. The van der Waals surface area contributed by atoms with E-state index in [2.05, 4.69) is 80.4 Å². The van der Waals surface area contributed by atoms with Crippen LogP contribution in [-0.2, 0) is 0 Å². The maximum atomic E-state index is 14.2. The van der Waals surface area contributed by atoms with Gasteiger partial charge < -0.3 is 10.2 Å². The summed E-state index contributed by atoms with van der Waals surface area (Å²) in [4.78, 5) is 31.6. The molecular formula is C35H38N6O. The van der Waals surface area contributed by atoms with Crippen molar-refractivity contribution in [3.8, 4) is 16.9 Å². The molecule has 2 fully saturated rings. The van der Waals surface area contributed by atoms with Crippen molar-refractivity contribution >= 4 is 27.6 Å². The van der Waals surface area contributed by atoms with Gasteiger partial charge in [-0.05, 0) is 85.0 Å². The van der Waals surface area contributed by atoms with E-state index < -0.39 is 0 Å². The molecule has 1 saturated heterocycles. The summed E-state index contributed by atoms with van der Waals surface area (Å²) < 4.78 is 1.74. The first-order chi connectivity index (χ1) is 20.3. The number of rotatable bonds is 5. The summed E-state index contributed by atoms with van der Waals surface area (Å²) in [6.07, 6.45) is 4.12. The Morgan fingerprint density at radius 1 is 1.00 bits per heavy atom. The number of nitrogens with one attached hydrogen (secondary N) is 1. The average Bonchev–Trinajstić information content (AvgIpc) is 3.82. The number of benzene rings is 2. The molecule has 0 radical (unpaired) electrons. The van der Waals surface area contributed by atoms with Crippen molar-refractivity contribution in [1.29, 1.82) is 0 Å². The number of nitrogens with zero attached hydrogens (tertiary/aromatic N) is 5. The van der Waals surface area contributed by atoms with Gasteiger partial charge in [0.2, 0.25) is 0 Å². The largest absolute Gasteiger partial charge is 0.355 e. The van der Waals surface area contributed by atoms with E-state index in [1.807, 2.05) is 19.2 Å². The second-order valence-corrected chi connectivity index (χ2v) is 12.4. The highest BCUT2D eigenvalue weighted by Gasteiger charge is 2.32. The zero-order valence-electron chi connectivity index (χ0n) is 25.1. The second-order valence-electron chi connectivity index (χ2n) is 12.4. The van der Waals surface area contributed by atoms with Crippen LogP contribution in [0.2, 0.25) is 0 Å². The maximum absolute atomic E-state index is 14.2. The van der Waals surface area contributed by atoms with Crippen molar-refractivity contribution in [2.75, 3.05) is 24.5 Å². The molecule has 5 aromatic rings. The summed E-state index contributed by atoms with van der Waals surface area (Å²) in [5.41, 5.74) is 7.55. The van der Waals surface area contributed by atoms with E-state index in [0.717, 1.165) is 71.9 Å². The lowest BCUT2D eigenvalue weighted by atomic mass is 9.94. The van der Waals surface area contributed by atoms with Crippen LogP contribution in [0.3, 0.4) is 0 Å². The second kappa shape index (κ2) is 10.3. The van der Waals surface area contributed by atoms with Crippen LogP contribution in [-0.4, -0.2) is 45.2 Å². The number of hydrogen-bond acceptors (Lipinski definition) is 6. The van der Waals surface area contributed by atoms with Crippen LogP contribution >= 0.6 is 0 Å². The Morgan fingerprint density at radius 2 is 1.79 bits per heavy atom. The van der Waals surface area contributed by atoms with Crippen LogP contribution in [0.15, 0.2) is 59.5 Å². The predicted molar refractivity (Wildman–Crippen MR) is 171 cm³/mol. The van der Waals surface area contributed by atoms with Gasteiger partial charge in [-0.3, -0.25) is 4.98 Å². The quantitative estimate of drug-likeness (QED) is 0.269. The normalized spacial score (nSPS) is 17.5. The van der Waals surface area contributed by atoms with E-state index in [-0.39, 0.29) is 17.6 Å². The van der Waals surface area contributed by atoms with Gasteiger partial charge in [-0.25, -0.2) is 14.3 Å². The van der Waals surface area contributed by atoms with Crippen molar-refractivity contribution in [3.63, 3.8) is 0 Å². The van der Waals surface area contributed by atoms with Crippen LogP contribution in [0.5, 0.6) is 0 Å². The number of aryl methyl sites for hydroxylation is 2. The van der Waals surface area contributed by atoms with Gasteiger partial charge in [0.1, 0.15) is 5.82 Å². The Bertz CT molecular complexity index is 1900. The molecule has 7 heteroatoms. The van der Waals surface area contributed by atoms with Gasteiger partial charge in [-0.1, -0.05) is 50.2 Å². The molecule has 0 spiro atoms. The molecule has 1 aliphatic carbocycles. The van der Waals surface area contributed by atoms with Gasteiger partial charge in [-0.2, -0.15) is 4.98 Å². The number of piperazine rings is 1. The standard InChI is InChI=1S/C35H38N6O/c1-20(2)30-32(22(4)14-15-37-30)41-34-28(33(39-35(41)42)40-17-16-36-19-23(40)5)18-27(24-12-13-24)31(38-34)26-11-7-10-25-9-6-8-21(3)29(25)26/h6-11,14-15,18,20,23-24,36H,12-13,16-17,19H2,1-5H3/t23-/m0/s1.